The molecule has 0 spiro atoms. The molecule has 2 aliphatic rings. The molecule has 1 aliphatic carbocycles. The van der Waals surface area contributed by atoms with Gasteiger partial charge >= 0.3 is 59.1 Å². The normalized spacial score (nSPS) is 10.8. The van der Waals surface area contributed by atoms with Gasteiger partial charge in [0.05, 0.1) is 29.6 Å². The summed E-state index contributed by atoms with van der Waals surface area (Å²) < 4.78 is 6.89. The molecule has 2 aromatic carbocycles. The first-order chi connectivity index (χ1) is 15.0. The molecule has 0 saturated carbocycles. The van der Waals surface area contributed by atoms with Gasteiger partial charge in [-0.25, -0.2) is 0 Å². The second kappa shape index (κ2) is 12.3. The average Bonchev–Trinajstić information content (AvgIpc) is 2.73. The fraction of sp³-hybridized carbons (Fsp3) is 0. The predicted octanol–water partition coefficient (Wildman–Crippen LogP) is 0.437. The van der Waals surface area contributed by atoms with Crippen LogP contribution in [0.15, 0.2) is 27.4 Å². The van der Waals surface area contributed by atoms with Crippen molar-refractivity contribution in [3.63, 3.8) is 0 Å². The number of rotatable bonds is 2. The second-order valence-electron chi connectivity index (χ2n) is 6.43. The zero-order valence-electron chi connectivity index (χ0n) is 16.9. The van der Waals surface area contributed by atoms with Gasteiger partial charge in [0.15, 0.2) is 5.43 Å². The minimum absolute atomic E-state index is 0. The van der Waals surface area contributed by atoms with E-state index in [-0.39, 0.29) is 116 Å². The summed E-state index contributed by atoms with van der Waals surface area (Å²) in [5.41, 5.74) is -0.0609. The number of hydrogen-bond donors (Lipinski definition) is 0. The van der Waals surface area contributed by atoms with Gasteiger partial charge in [0.25, 0.3) is 0 Å². The van der Waals surface area contributed by atoms with Gasteiger partial charge in [0.2, 0.25) is 0 Å². The van der Waals surface area contributed by atoms with Gasteiger partial charge in [-0.3, -0.25) is 4.79 Å². The third-order valence-corrected chi connectivity index (χ3v) is 9.06. The number of carbonyl (C=O) groups is 1. The van der Waals surface area contributed by atoms with Crippen LogP contribution in [0.25, 0.3) is 33.4 Å². The van der Waals surface area contributed by atoms with Crippen LogP contribution < -0.4 is 74.8 Å². The molecule has 0 amide bonds. The van der Waals surface area contributed by atoms with E-state index < -0.39 is 11.5 Å². The molecule has 0 fully saturated rings. The van der Waals surface area contributed by atoms with Crippen molar-refractivity contribution in [1.29, 1.82) is 0 Å². The number of carboxylic acids is 1. The zero-order chi connectivity index (χ0) is 23.6. The van der Waals surface area contributed by atoms with E-state index >= 15 is 0 Å². The summed E-state index contributed by atoms with van der Waals surface area (Å²) in [5, 5.41) is 24.1. The Labute approximate surface area is 297 Å². The quantitative estimate of drug-likeness (QED) is 0.0960. The van der Waals surface area contributed by atoms with E-state index in [4.69, 9.17) is 50.8 Å². The largest absolute Gasteiger partial charge is 1.00 e. The summed E-state index contributed by atoms with van der Waals surface area (Å²) in [6.07, 6.45) is 0. The number of carboxylic acid groups (broad SMARTS) is 1. The Morgan fingerprint density at radius 2 is 1.44 bits per heavy atom. The molecule has 0 bridgehead atoms. The molecule has 0 saturated heterocycles. The van der Waals surface area contributed by atoms with Gasteiger partial charge in [-0.15, -0.1) is 0 Å². The third-order valence-electron chi connectivity index (χ3n) is 4.64. The van der Waals surface area contributed by atoms with Crippen molar-refractivity contribution in [1.82, 2.24) is 0 Å². The molecule has 0 N–H and O–H groups in total. The van der Waals surface area contributed by atoms with Crippen molar-refractivity contribution in [2.75, 3.05) is 0 Å². The van der Waals surface area contributed by atoms with Gasteiger partial charge in [0.1, 0.15) is 11.3 Å². The number of hydrogen-bond acceptors (Lipinski definition) is 5. The summed E-state index contributed by atoms with van der Waals surface area (Å²) in [7, 11) is 0. The van der Waals surface area contributed by atoms with Crippen LogP contribution in [0.1, 0.15) is 10.4 Å². The van der Waals surface area contributed by atoms with Crippen LogP contribution in [0.3, 0.4) is 0 Å². The smallest absolute Gasteiger partial charge is 0.871 e. The molecule has 14 heteroatoms. The Bertz CT molecular complexity index is 1530. The maximum absolute atomic E-state index is 12.6. The summed E-state index contributed by atoms with van der Waals surface area (Å²) in [6, 6.07) is 4.33. The van der Waals surface area contributed by atoms with Gasteiger partial charge in [0, 0.05) is 40.8 Å². The van der Waals surface area contributed by atoms with E-state index in [0.29, 0.717) is 18.1 Å². The summed E-state index contributed by atoms with van der Waals surface area (Å²) >= 11 is 30.7. The van der Waals surface area contributed by atoms with Crippen LogP contribution in [0.4, 0.5) is 0 Å². The maximum atomic E-state index is 12.6. The second-order valence-corrected chi connectivity index (χ2v) is 11.3. The molecule has 2 aromatic rings. The van der Waals surface area contributed by atoms with Gasteiger partial charge in [-0.2, -0.15) is 0 Å². The Hall–Kier alpha value is 1.75. The zero-order valence-corrected chi connectivity index (χ0v) is 30.4. The topological polar surface area (TPSA) is 93.4 Å². The van der Waals surface area contributed by atoms with E-state index in [0.717, 1.165) is 0 Å². The Morgan fingerprint density at radius 1 is 0.853 bits per heavy atom. The van der Waals surface area contributed by atoms with Crippen molar-refractivity contribution in [3.8, 4) is 28.2 Å². The molecule has 0 radical (unpaired) electrons. The van der Waals surface area contributed by atoms with E-state index in [2.05, 4.69) is 0 Å². The maximum Gasteiger partial charge on any atom is 1.00 e. The third kappa shape index (κ3) is 5.42. The van der Waals surface area contributed by atoms with Crippen LogP contribution >= 0.6 is 114 Å². The molecule has 164 valence electrons. The number of halogens is 7. The monoisotopic (exact) mass is 890 g/mol. The average molecular weight is 892 g/mol. The number of carbonyl (C=O) groups excluding carboxylic acids is 1. The molecular weight excluding hydrogens is 889 g/mol. The Morgan fingerprint density at radius 3 is 2.03 bits per heavy atom. The van der Waals surface area contributed by atoms with E-state index in [9.17, 15) is 19.8 Å². The molecule has 1 heterocycles. The number of fused-ring (bicyclic) bond motifs is 2. The fourth-order valence-corrected chi connectivity index (χ4v) is 6.55. The van der Waals surface area contributed by atoms with Crippen molar-refractivity contribution >= 4 is 131 Å². The van der Waals surface area contributed by atoms with Crippen LogP contribution in [-0.4, -0.2) is 5.97 Å². The molecular formula is C20H3Cl4I3Na2O5. The van der Waals surface area contributed by atoms with E-state index in [1.165, 1.54) is 12.1 Å². The first kappa shape index (κ1) is 32.0. The van der Waals surface area contributed by atoms with Crippen LogP contribution in [-0.2, 0) is 0 Å². The molecule has 0 atom stereocenters. The van der Waals surface area contributed by atoms with Crippen molar-refractivity contribution in [2.45, 2.75) is 0 Å². The standard InChI is InChI=1S/C20H5Cl4I3O5.2Na/c21-13-11(12(20(30)31)14(22)16(24)15(13)23)10-4-1-6(25)8(28)3-9(4)32-19-5(10)2-7(26)18(29)17(19)27;;/h1-3,29H,(H,30,31);;/q;2*+1/p-2. The summed E-state index contributed by atoms with van der Waals surface area (Å²) in [4.78, 5) is 24.4. The molecule has 34 heavy (non-hydrogen) atoms. The van der Waals surface area contributed by atoms with E-state index in [1.54, 1.807) is 6.07 Å². The molecule has 5 nitrogen and oxygen atoms in total. The fourth-order valence-electron chi connectivity index (χ4n) is 3.27. The van der Waals surface area contributed by atoms with Crippen LogP contribution in [0, 0.1) is 10.7 Å². The van der Waals surface area contributed by atoms with Crippen molar-refractivity contribution in [3.05, 3.63) is 64.8 Å². The molecule has 4 rings (SSSR count). The van der Waals surface area contributed by atoms with Crippen LogP contribution in [0.2, 0.25) is 20.1 Å². The van der Waals surface area contributed by atoms with Crippen LogP contribution in [0.5, 0.6) is 5.75 Å². The van der Waals surface area contributed by atoms with Gasteiger partial charge in [-0.1, -0.05) is 52.2 Å². The summed E-state index contributed by atoms with van der Waals surface area (Å²) in [5.74, 6) is -1.79. The Kier molecular flexibility index (Phi) is 11.6. The van der Waals surface area contributed by atoms with Crippen molar-refractivity contribution in [2.24, 2.45) is 0 Å². The van der Waals surface area contributed by atoms with Gasteiger partial charge < -0.3 is 19.4 Å². The minimum atomic E-state index is -1.63. The molecule has 0 unspecified atom stereocenters. The minimum Gasteiger partial charge on any atom is -0.871 e. The van der Waals surface area contributed by atoms with E-state index in [1.807, 2.05) is 67.8 Å². The van der Waals surface area contributed by atoms with Crippen molar-refractivity contribution < 1.29 is 78.5 Å². The molecule has 1 aliphatic heterocycles. The summed E-state index contributed by atoms with van der Waals surface area (Å²) in [6.45, 7) is 0. The first-order valence-corrected chi connectivity index (χ1v) is 13.0. The first-order valence-electron chi connectivity index (χ1n) is 8.28. The Balaban J connectivity index is 0.00000204. The number of aromatic carboxylic acids is 1. The van der Waals surface area contributed by atoms with Gasteiger partial charge in [-0.05, 0) is 79.9 Å². The molecule has 0 aromatic heterocycles. The predicted molar refractivity (Wildman–Crippen MR) is 147 cm³/mol. The SMILES string of the molecule is O=C([O-])c1c(Cl)c(Cl)c(Cl)c(Cl)c1-c1c2cc(I)c(=O)cc-2oc2c(I)c([O-])c(I)cc12.[Na+].[Na+]. The number of benzene rings is 3.